The van der Waals surface area contributed by atoms with Crippen molar-refractivity contribution in [1.29, 1.82) is 0 Å². The van der Waals surface area contributed by atoms with Gasteiger partial charge in [-0.25, -0.2) is 19.6 Å². The molecule has 0 atom stereocenters. The van der Waals surface area contributed by atoms with Gasteiger partial charge in [0.05, 0.1) is 18.3 Å². The SMILES string of the molecule is C=CCOC(=O)N1CC(SC(C)=O)CN1C(=O)OCC=C. The second kappa shape index (κ2) is 8.35. The van der Waals surface area contributed by atoms with E-state index in [0.29, 0.717) is 0 Å². The summed E-state index contributed by atoms with van der Waals surface area (Å²) in [4.78, 5) is 35.0. The molecule has 7 nitrogen and oxygen atoms in total. The van der Waals surface area contributed by atoms with E-state index in [1.54, 1.807) is 0 Å². The second-order valence-corrected chi connectivity index (χ2v) is 5.60. The minimum absolute atomic E-state index is 0.0371. The molecule has 1 aliphatic rings. The summed E-state index contributed by atoms with van der Waals surface area (Å²) in [5.74, 6) is 0. The van der Waals surface area contributed by atoms with Gasteiger partial charge < -0.3 is 9.47 Å². The van der Waals surface area contributed by atoms with Crippen LogP contribution >= 0.6 is 11.8 Å². The van der Waals surface area contributed by atoms with Crippen LogP contribution < -0.4 is 0 Å². The Labute approximate surface area is 127 Å². The molecule has 2 amide bonds. The highest BCUT2D eigenvalue weighted by Crippen LogP contribution is 2.24. The molecule has 0 aromatic heterocycles. The molecule has 0 bridgehead atoms. The molecule has 1 rings (SSSR count). The van der Waals surface area contributed by atoms with Crippen molar-refractivity contribution in [3.05, 3.63) is 25.3 Å². The van der Waals surface area contributed by atoms with Gasteiger partial charge in [-0.15, -0.1) is 0 Å². The molecule has 1 fully saturated rings. The number of hydrogen-bond donors (Lipinski definition) is 0. The molecule has 8 heteroatoms. The zero-order chi connectivity index (χ0) is 15.8. The Kier molecular flexibility index (Phi) is 6.80. The number of thioether (sulfide) groups is 1. The molecule has 1 saturated heterocycles. The number of amides is 2. The van der Waals surface area contributed by atoms with Gasteiger partial charge in [0.1, 0.15) is 13.2 Å². The van der Waals surface area contributed by atoms with Crippen LogP contribution in [0.5, 0.6) is 0 Å². The fourth-order valence-corrected chi connectivity index (χ4v) is 2.61. The van der Waals surface area contributed by atoms with Crippen molar-refractivity contribution in [2.75, 3.05) is 26.3 Å². The van der Waals surface area contributed by atoms with Gasteiger partial charge >= 0.3 is 12.2 Å². The predicted octanol–water partition coefficient (Wildman–Crippen LogP) is 1.81. The summed E-state index contributed by atoms with van der Waals surface area (Å²) in [7, 11) is 0. The van der Waals surface area contributed by atoms with Crippen LogP contribution in [0.2, 0.25) is 0 Å². The van der Waals surface area contributed by atoms with E-state index in [4.69, 9.17) is 9.47 Å². The average Bonchev–Trinajstić information content (AvgIpc) is 2.85. The topological polar surface area (TPSA) is 76.2 Å². The Bertz CT molecular complexity index is 408. The zero-order valence-corrected chi connectivity index (χ0v) is 12.6. The fourth-order valence-electron chi connectivity index (χ4n) is 1.71. The standard InChI is InChI=1S/C13H18N2O5S/c1-4-6-19-12(17)14-8-11(21-10(3)16)9-15(14)13(18)20-7-5-2/h4-5,11H,1-2,6-9H2,3H3. The average molecular weight is 314 g/mol. The molecule has 0 spiro atoms. The number of ether oxygens (including phenoxy) is 2. The predicted molar refractivity (Wildman–Crippen MR) is 78.6 cm³/mol. The Morgan fingerprint density at radius 2 is 1.52 bits per heavy atom. The van der Waals surface area contributed by atoms with E-state index >= 15 is 0 Å². The summed E-state index contributed by atoms with van der Waals surface area (Å²) in [5.41, 5.74) is 0. The maximum atomic E-state index is 11.9. The number of hydrazine groups is 1. The van der Waals surface area contributed by atoms with Crippen molar-refractivity contribution in [3.8, 4) is 0 Å². The molecule has 1 aliphatic heterocycles. The van der Waals surface area contributed by atoms with Gasteiger partial charge in [0, 0.05) is 6.92 Å². The van der Waals surface area contributed by atoms with Crippen LogP contribution in [0.4, 0.5) is 9.59 Å². The van der Waals surface area contributed by atoms with Crippen LogP contribution in [0.3, 0.4) is 0 Å². The zero-order valence-electron chi connectivity index (χ0n) is 11.8. The van der Waals surface area contributed by atoms with Crippen LogP contribution in [0, 0.1) is 0 Å². The molecule has 21 heavy (non-hydrogen) atoms. The van der Waals surface area contributed by atoms with Crippen LogP contribution in [-0.2, 0) is 14.3 Å². The highest BCUT2D eigenvalue weighted by atomic mass is 32.2. The first-order valence-corrected chi connectivity index (χ1v) is 7.15. The quantitative estimate of drug-likeness (QED) is 0.720. The Morgan fingerprint density at radius 1 is 1.10 bits per heavy atom. The van der Waals surface area contributed by atoms with E-state index in [1.165, 1.54) is 19.1 Å². The molecule has 0 aromatic rings. The van der Waals surface area contributed by atoms with E-state index in [-0.39, 0.29) is 36.7 Å². The van der Waals surface area contributed by atoms with Crippen molar-refractivity contribution in [1.82, 2.24) is 10.0 Å². The molecule has 0 N–H and O–H groups in total. The van der Waals surface area contributed by atoms with Gasteiger partial charge in [-0.1, -0.05) is 37.1 Å². The Hall–Kier alpha value is -1.96. The largest absolute Gasteiger partial charge is 0.444 e. The lowest BCUT2D eigenvalue weighted by Crippen LogP contribution is -2.45. The third-order valence-electron chi connectivity index (χ3n) is 2.45. The Morgan fingerprint density at radius 3 is 1.86 bits per heavy atom. The lowest BCUT2D eigenvalue weighted by molar-refractivity contribution is -0.109. The monoisotopic (exact) mass is 314 g/mol. The summed E-state index contributed by atoms with van der Waals surface area (Å²) in [6.07, 6.45) is 1.49. The van der Waals surface area contributed by atoms with Gasteiger partial charge in [-0.05, 0) is 0 Å². The van der Waals surface area contributed by atoms with Gasteiger partial charge in [-0.2, -0.15) is 0 Å². The number of hydrogen-bond acceptors (Lipinski definition) is 6. The molecule has 116 valence electrons. The second-order valence-electron chi connectivity index (χ2n) is 4.13. The Balaban J connectivity index is 2.75. The molecule has 1 heterocycles. The summed E-state index contributed by atoms with van der Waals surface area (Å²) in [5, 5.41) is 1.97. The molecular weight excluding hydrogens is 296 g/mol. The smallest absolute Gasteiger partial charge is 0.429 e. The number of carbonyl (C=O) groups is 3. The lowest BCUT2D eigenvalue weighted by atomic mass is 10.4. The minimum Gasteiger partial charge on any atom is -0.444 e. The van der Waals surface area contributed by atoms with Crippen molar-refractivity contribution in [2.45, 2.75) is 12.2 Å². The number of carbonyl (C=O) groups excluding carboxylic acids is 3. The van der Waals surface area contributed by atoms with Gasteiger partial charge in [0.25, 0.3) is 0 Å². The highest BCUT2D eigenvalue weighted by Gasteiger charge is 2.39. The fraction of sp³-hybridized carbons (Fsp3) is 0.462. The maximum Gasteiger partial charge on any atom is 0.429 e. The van der Waals surface area contributed by atoms with Crippen molar-refractivity contribution in [2.24, 2.45) is 0 Å². The van der Waals surface area contributed by atoms with Gasteiger partial charge in [0.15, 0.2) is 5.12 Å². The summed E-state index contributed by atoms with van der Waals surface area (Å²) < 4.78 is 9.84. The molecule has 0 saturated carbocycles. The molecule has 0 unspecified atom stereocenters. The third kappa shape index (κ3) is 5.14. The molecule has 0 radical (unpaired) electrons. The van der Waals surface area contributed by atoms with E-state index in [1.807, 2.05) is 0 Å². The van der Waals surface area contributed by atoms with Crippen LogP contribution in [0.15, 0.2) is 25.3 Å². The van der Waals surface area contributed by atoms with Gasteiger partial charge in [0.2, 0.25) is 0 Å². The van der Waals surface area contributed by atoms with Crippen LogP contribution in [-0.4, -0.2) is 58.9 Å². The maximum absolute atomic E-state index is 11.9. The van der Waals surface area contributed by atoms with Gasteiger partial charge in [-0.3, -0.25) is 4.79 Å². The number of nitrogens with zero attached hydrogens (tertiary/aromatic N) is 2. The normalized spacial score (nSPS) is 14.7. The van der Waals surface area contributed by atoms with E-state index in [9.17, 15) is 14.4 Å². The lowest BCUT2D eigenvalue weighted by Gasteiger charge is -2.25. The van der Waals surface area contributed by atoms with E-state index in [2.05, 4.69) is 13.2 Å². The third-order valence-corrected chi connectivity index (χ3v) is 3.41. The van der Waals surface area contributed by atoms with Crippen LogP contribution in [0.25, 0.3) is 0 Å². The first-order chi connectivity index (χ1) is 9.99. The molecule has 0 aliphatic carbocycles. The van der Waals surface area contributed by atoms with E-state index < -0.39 is 12.2 Å². The van der Waals surface area contributed by atoms with Crippen molar-refractivity contribution in [3.63, 3.8) is 0 Å². The number of rotatable bonds is 5. The molecular formula is C13H18N2O5S. The van der Waals surface area contributed by atoms with E-state index in [0.717, 1.165) is 21.8 Å². The summed E-state index contributed by atoms with van der Waals surface area (Å²) in [6, 6.07) is 0. The molecule has 0 aromatic carbocycles. The first kappa shape index (κ1) is 17.1. The highest BCUT2D eigenvalue weighted by molar-refractivity contribution is 8.14. The van der Waals surface area contributed by atoms with Crippen LogP contribution in [0.1, 0.15) is 6.92 Å². The summed E-state index contributed by atoms with van der Waals surface area (Å²) >= 11 is 1.07. The minimum atomic E-state index is -0.683. The first-order valence-electron chi connectivity index (χ1n) is 6.27. The van der Waals surface area contributed by atoms with Crippen molar-refractivity contribution >= 4 is 29.1 Å². The van der Waals surface area contributed by atoms with Crippen molar-refractivity contribution < 1.29 is 23.9 Å². The summed E-state index contributed by atoms with van der Waals surface area (Å²) in [6.45, 7) is 8.80.